The van der Waals surface area contributed by atoms with Gasteiger partial charge in [0.2, 0.25) is 0 Å². The lowest BCUT2D eigenvalue weighted by molar-refractivity contribution is -0.137. The van der Waals surface area contributed by atoms with Crippen LogP contribution in [-0.2, 0) is 11.3 Å². The number of amides is 2. The summed E-state index contributed by atoms with van der Waals surface area (Å²) in [4.78, 5) is 23.4. The molecule has 1 aromatic carbocycles. The van der Waals surface area contributed by atoms with E-state index in [0.717, 1.165) is 11.1 Å². The molecule has 0 bridgehead atoms. The SMILES string of the molecule is C#Cc1cccc(CNC(=O)N(C)CCC(=O)O)c1. The summed E-state index contributed by atoms with van der Waals surface area (Å²) in [7, 11) is 1.55. The van der Waals surface area contributed by atoms with E-state index in [0.29, 0.717) is 6.54 Å². The largest absolute Gasteiger partial charge is 0.481 e. The van der Waals surface area contributed by atoms with Crippen LogP contribution in [0.5, 0.6) is 0 Å². The number of hydrogen-bond donors (Lipinski definition) is 2. The molecule has 0 saturated carbocycles. The quantitative estimate of drug-likeness (QED) is 0.784. The first-order valence-corrected chi connectivity index (χ1v) is 5.79. The molecule has 0 aromatic heterocycles. The Morgan fingerprint density at radius 1 is 1.47 bits per heavy atom. The molecule has 0 spiro atoms. The molecule has 0 aliphatic rings. The fraction of sp³-hybridized carbons (Fsp3) is 0.286. The first kappa shape index (κ1) is 14.6. The van der Waals surface area contributed by atoms with Crippen LogP contribution in [-0.4, -0.2) is 35.6 Å². The lowest BCUT2D eigenvalue weighted by atomic mass is 10.1. The number of nitrogens with zero attached hydrogens (tertiary/aromatic N) is 1. The van der Waals surface area contributed by atoms with Crippen LogP contribution in [0.25, 0.3) is 0 Å². The van der Waals surface area contributed by atoms with E-state index < -0.39 is 5.97 Å². The third kappa shape index (κ3) is 5.13. The van der Waals surface area contributed by atoms with E-state index in [1.165, 1.54) is 4.90 Å². The number of carboxylic acid groups (broad SMARTS) is 1. The van der Waals surface area contributed by atoms with Gasteiger partial charge in [0.05, 0.1) is 6.42 Å². The predicted octanol–water partition coefficient (Wildman–Crippen LogP) is 1.28. The van der Waals surface area contributed by atoms with Gasteiger partial charge in [-0.1, -0.05) is 18.1 Å². The lowest BCUT2D eigenvalue weighted by Gasteiger charge is -2.16. The minimum atomic E-state index is -0.929. The lowest BCUT2D eigenvalue weighted by Crippen LogP contribution is -2.37. The number of rotatable bonds is 5. The van der Waals surface area contributed by atoms with E-state index in [4.69, 9.17) is 11.5 Å². The molecule has 0 unspecified atom stereocenters. The summed E-state index contributed by atoms with van der Waals surface area (Å²) in [5, 5.41) is 11.2. The van der Waals surface area contributed by atoms with Gasteiger partial charge in [0.25, 0.3) is 0 Å². The number of benzene rings is 1. The molecule has 0 radical (unpaired) electrons. The molecule has 1 aromatic rings. The molecule has 0 atom stereocenters. The fourth-order valence-electron chi connectivity index (χ4n) is 1.45. The Kier molecular flexibility index (Phi) is 5.42. The number of carboxylic acids is 1. The van der Waals surface area contributed by atoms with Gasteiger partial charge < -0.3 is 15.3 Å². The van der Waals surface area contributed by atoms with Gasteiger partial charge in [0.15, 0.2) is 0 Å². The average Bonchev–Trinajstić information content (AvgIpc) is 2.42. The van der Waals surface area contributed by atoms with Crippen LogP contribution in [0.2, 0.25) is 0 Å². The van der Waals surface area contributed by atoms with Crippen LogP contribution < -0.4 is 5.32 Å². The predicted molar refractivity (Wildman–Crippen MR) is 71.5 cm³/mol. The summed E-state index contributed by atoms with van der Waals surface area (Å²) in [6.45, 7) is 0.525. The number of nitrogens with one attached hydrogen (secondary N) is 1. The molecular weight excluding hydrogens is 244 g/mol. The van der Waals surface area contributed by atoms with E-state index in [9.17, 15) is 9.59 Å². The van der Waals surface area contributed by atoms with Gasteiger partial charge >= 0.3 is 12.0 Å². The maximum Gasteiger partial charge on any atom is 0.317 e. The van der Waals surface area contributed by atoms with E-state index >= 15 is 0 Å². The highest BCUT2D eigenvalue weighted by Crippen LogP contribution is 2.03. The average molecular weight is 260 g/mol. The van der Waals surface area contributed by atoms with E-state index in [2.05, 4.69) is 11.2 Å². The summed E-state index contributed by atoms with van der Waals surface area (Å²) >= 11 is 0. The highest BCUT2D eigenvalue weighted by molar-refractivity contribution is 5.75. The van der Waals surface area contributed by atoms with Gasteiger partial charge in [-0.15, -0.1) is 6.42 Å². The van der Waals surface area contributed by atoms with Crippen molar-refractivity contribution in [3.63, 3.8) is 0 Å². The topological polar surface area (TPSA) is 69.6 Å². The molecule has 0 aliphatic carbocycles. The molecule has 1 rings (SSSR count). The van der Waals surface area contributed by atoms with E-state index in [-0.39, 0.29) is 19.0 Å². The Morgan fingerprint density at radius 3 is 2.84 bits per heavy atom. The Morgan fingerprint density at radius 2 is 2.21 bits per heavy atom. The number of terminal acetylenes is 1. The smallest absolute Gasteiger partial charge is 0.317 e. The second-order valence-electron chi connectivity index (χ2n) is 4.07. The molecule has 0 aliphatic heterocycles. The van der Waals surface area contributed by atoms with Gasteiger partial charge in [-0.05, 0) is 17.7 Å². The molecule has 5 nitrogen and oxygen atoms in total. The van der Waals surface area contributed by atoms with Crippen molar-refractivity contribution in [3.05, 3.63) is 35.4 Å². The van der Waals surface area contributed by atoms with Crippen molar-refractivity contribution in [2.75, 3.05) is 13.6 Å². The zero-order valence-electron chi connectivity index (χ0n) is 10.7. The number of carbonyl (C=O) groups is 2. The van der Waals surface area contributed by atoms with Gasteiger partial charge in [-0.25, -0.2) is 4.79 Å². The van der Waals surface area contributed by atoms with Crippen LogP contribution in [0.4, 0.5) is 4.79 Å². The minimum absolute atomic E-state index is 0.0729. The van der Waals surface area contributed by atoms with Crippen LogP contribution in [0.3, 0.4) is 0 Å². The highest BCUT2D eigenvalue weighted by atomic mass is 16.4. The van der Waals surface area contributed by atoms with E-state index in [1.54, 1.807) is 7.05 Å². The van der Waals surface area contributed by atoms with Gasteiger partial charge in [0.1, 0.15) is 0 Å². The van der Waals surface area contributed by atoms with Gasteiger partial charge in [-0.3, -0.25) is 4.79 Å². The number of urea groups is 1. The summed E-state index contributed by atoms with van der Waals surface area (Å²) in [5.41, 5.74) is 1.65. The first-order valence-electron chi connectivity index (χ1n) is 5.79. The Labute approximate surface area is 112 Å². The highest BCUT2D eigenvalue weighted by Gasteiger charge is 2.09. The van der Waals surface area contributed by atoms with Crippen molar-refractivity contribution >= 4 is 12.0 Å². The Bertz CT molecular complexity index is 506. The summed E-state index contributed by atoms with van der Waals surface area (Å²) in [5.74, 6) is 1.59. The molecule has 19 heavy (non-hydrogen) atoms. The van der Waals surface area contributed by atoms with Crippen molar-refractivity contribution in [3.8, 4) is 12.3 Å². The third-order valence-corrected chi connectivity index (χ3v) is 2.55. The second-order valence-corrected chi connectivity index (χ2v) is 4.07. The molecule has 2 amide bonds. The van der Waals surface area contributed by atoms with Crippen molar-refractivity contribution in [2.45, 2.75) is 13.0 Å². The van der Waals surface area contributed by atoms with E-state index in [1.807, 2.05) is 24.3 Å². The van der Waals surface area contributed by atoms with Crippen LogP contribution >= 0.6 is 0 Å². The maximum atomic E-state index is 11.7. The van der Waals surface area contributed by atoms with Crippen molar-refractivity contribution in [1.82, 2.24) is 10.2 Å². The van der Waals surface area contributed by atoms with Crippen LogP contribution in [0.1, 0.15) is 17.5 Å². The molecular formula is C14H16N2O3. The van der Waals surface area contributed by atoms with Gasteiger partial charge in [0, 0.05) is 25.7 Å². The second kappa shape index (κ2) is 7.07. The molecule has 100 valence electrons. The Balaban J connectivity index is 2.45. The monoisotopic (exact) mass is 260 g/mol. The summed E-state index contributed by atoms with van der Waals surface area (Å²) < 4.78 is 0. The summed E-state index contributed by atoms with van der Waals surface area (Å²) in [6, 6.07) is 7.00. The molecule has 5 heteroatoms. The zero-order chi connectivity index (χ0) is 14.3. The van der Waals surface area contributed by atoms with Gasteiger partial charge in [-0.2, -0.15) is 0 Å². The first-order chi connectivity index (χ1) is 9.02. The third-order valence-electron chi connectivity index (χ3n) is 2.55. The Hall–Kier alpha value is -2.48. The number of carbonyl (C=O) groups excluding carboxylic acids is 1. The van der Waals surface area contributed by atoms with Crippen molar-refractivity contribution < 1.29 is 14.7 Å². The standard InChI is InChI=1S/C14H16N2O3/c1-3-11-5-4-6-12(9-11)10-15-14(19)16(2)8-7-13(17)18/h1,4-6,9H,7-8,10H2,2H3,(H,15,19)(H,17,18). The molecule has 0 fully saturated rings. The molecule has 2 N–H and O–H groups in total. The normalized spacial score (nSPS) is 9.47. The number of hydrogen-bond acceptors (Lipinski definition) is 2. The van der Waals surface area contributed by atoms with Crippen molar-refractivity contribution in [2.24, 2.45) is 0 Å². The van der Waals surface area contributed by atoms with Crippen LogP contribution in [0.15, 0.2) is 24.3 Å². The summed E-state index contributed by atoms with van der Waals surface area (Å²) in [6.07, 6.45) is 5.22. The minimum Gasteiger partial charge on any atom is -0.481 e. The zero-order valence-corrected chi connectivity index (χ0v) is 10.7. The van der Waals surface area contributed by atoms with Crippen LogP contribution in [0, 0.1) is 12.3 Å². The molecule has 0 heterocycles. The number of aliphatic carboxylic acids is 1. The molecule has 0 saturated heterocycles. The maximum absolute atomic E-state index is 11.7. The van der Waals surface area contributed by atoms with Crippen molar-refractivity contribution in [1.29, 1.82) is 0 Å². The fourth-order valence-corrected chi connectivity index (χ4v) is 1.45.